The van der Waals surface area contributed by atoms with Gasteiger partial charge in [0.05, 0.1) is 6.54 Å². The lowest BCUT2D eigenvalue weighted by Crippen LogP contribution is -2.26. The van der Waals surface area contributed by atoms with E-state index in [1.54, 1.807) is 42.7 Å². The van der Waals surface area contributed by atoms with E-state index in [9.17, 15) is 4.79 Å². The van der Waals surface area contributed by atoms with Crippen molar-refractivity contribution in [3.8, 4) is 0 Å². The number of rotatable bonds is 3. The summed E-state index contributed by atoms with van der Waals surface area (Å²) in [6, 6.07) is 3.38. The number of H-pyrrole nitrogens is 1. The summed E-state index contributed by atoms with van der Waals surface area (Å²) in [5.74, 6) is 0.693. The van der Waals surface area contributed by atoms with Crippen LogP contribution >= 0.6 is 15.9 Å². The number of carbonyl (C=O) groups is 1. The van der Waals surface area contributed by atoms with Gasteiger partial charge in [0.25, 0.3) is 5.91 Å². The highest BCUT2D eigenvalue weighted by Gasteiger charge is 2.13. The number of hydrogen-bond acceptors (Lipinski definition) is 3. The zero-order chi connectivity index (χ0) is 12.3. The molecule has 0 fully saturated rings. The fourth-order valence-corrected chi connectivity index (χ4v) is 1.80. The van der Waals surface area contributed by atoms with Crippen LogP contribution in [0.5, 0.6) is 0 Å². The second kappa shape index (κ2) is 5.09. The van der Waals surface area contributed by atoms with E-state index in [0.29, 0.717) is 16.7 Å². The summed E-state index contributed by atoms with van der Waals surface area (Å²) in [7, 11) is 1.74. The Balaban J connectivity index is 2.09. The van der Waals surface area contributed by atoms with Gasteiger partial charge in [-0.05, 0) is 28.1 Å². The van der Waals surface area contributed by atoms with Crippen LogP contribution in [0.3, 0.4) is 0 Å². The van der Waals surface area contributed by atoms with Crippen molar-refractivity contribution in [3.63, 3.8) is 0 Å². The van der Waals surface area contributed by atoms with E-state index >= 15 is 0 Å². The summed E-state index contributed by atoms with van der Waals surface area (Å²) in [5.41, 5.74) is 0.598. The lowest BCUT2D eigenvalue weighted by atomic mass is 10.2. The third-order valence-electron chi connectivity index (χ3n) is 2.26. The molecule has 2 rings (SSSR count). The molecule has 0 saturated heterocycles. The standard InChI is InChI=1S/C11H11BrN4O/c1-16(7-10-14-4-5-15-10)11(17)8-2-3-13-9(12)6-8/h2-6H,7H2,1H3,(H,14,15). The molecule has 1 amide bonds. The number of aromatic amines is 1. The first-order chi connectivity index (χ1) is 8.16. The van der Waals surface area contributed by atoms with Gasteiger partial charge in [-0.15, -0.1) is 0 Å². The van der Waals surface area contributed by atoms with Crippen molar-refractivity contribution < 1.29 is 4.79 Å². The van der Waals surface area contributed by atoms with E-state index in [1.807, 2.05) is 0 Å². The molecule has 2 heterocycles. The highest BCUT2D eigenvalue weighted by atomic mass is 79.9. The van der Waals surface area contributed by atoms with E-state index in [-0.39, 0.29) is 5.91 Å². The van der Waals surface area contributed by atoms with Crippen LogP contribution in [0.4, 0.5) is 0 Å². The van der Waals surface area contributed by atoms with Crippen LogP contribution in [0.25, 0.3) is 0 Å². The summed E-state index contributed by atoms with van der Waals surface area (Å²) in [4.78, 5) is 24.7. The number of amides is 1. The van der Waals surface area contributed by atoms with E-state index in [2.05, 4.69) is 30.9 Å². The van der Waals surface area contributed by atoms with Crippen molar-refractivity contribution in [2.75, 3.05) is 7.05 Å². The predicted molar refractivity (Wildman–Crippen MR) is 66.3 cm³/mol. The van der Waals surface area contributed by atoms with Crippen LogP contribution < -0.4 is 0 Å². The Hall–Kier alpha value is -1.69. The average molecular weight is 295 g/mol. The first-order valence-corrected chi connectivity index (χ1v) is 5.81. The van der Waals surface area contributed by atoms with Gasteiger partial charge < -0.3 is 9.88 Å². The highest BCUT2D eigenvalue weighted by molar-refractivity contribution is 9.10. The SMILES string of the molecule is CN(Cc1ncc[nH]1)C(=O)c1ccnc(Br)c1. The average Bonchev–Trinajstić information content (AvgIpc) is 2.80. The number of nitrogens with one attached hydrogen (secondary N) is 1. The largest absolute Gasteiger partial charge is 0.347 e. The van der Waals surface area contributed by atoms with Gasteiger partial charge in [-0.3, -0.25) is 4.79 Å². The Morgan fingerprint density at radius 1 is 1.47 bits per heavy atom. The van der Waals surface area contributed by atoms with Gasteiger partial charge in [0.15, 0.2) is 0 Å². The Kier molecular flexibility index (Phi) is 3.53. The molecule has 0 aliphatic carbocycles. The number of halogens is 1. The molecule has 0 aliphatic rings. The second-order valence-electron chi connectivity index (χ2n) is 3.56. The zero-order valence-electron chi connectivity index (χ0n) is 9.22. The van der Waals surface area contributed by atoms with E-state index in [1.165, 1.54) is 0 Å². The van der Waals surface area contributed by atoms with Crippen molar-refractivity contribution in [2.45, 2.75) is 6.54 Å². The summed E-state index contributed by atoms with van der Waals surface area (Å²) in [5, 5.41) is 0. The van der Waals surface area contributed by atoms with E-state index < -0.39 is 0 Å². The van der Waals surface area contributed by atoms with Crippen LogP contribution in [0.2, 0.25) is 0 Å². The third-order valence-corrected chi connectivity index (χ3v) is 2.70. The molecule has 1 N–H and O–H groups in total. The zero-order valence-corrected chi connectivity index (χ0v) is 10.8. The maximum atomic E-state index is 12.1. The van der Waals surface area contributed by atoms with Crippen molar-refractivity contribution in [2.24, 2.45) is 0 Å². The Labute approximate surface area is 107 Å². The fourth-order valence-electron chi connectivity index (χ4n) is 1.44. The van der Waals surface area contributed by atoms with Crippen molar-refractivity contribution in [1.82, 2.24) is 19.9 Å². The molecule has 0 spiro atoms. The molecule has 0 bridgehead atoms. The number of nitrogens with zero attached hydrogens (tertiary/aromatic N) is 3. The summed E-state index contributed by atoms with van der Waals surface area (Å²) < 4.78 is 0.648. The monoisotopic (exact) mass is 294 g/mol. The topological polar surface area (TPSA) is 61.9 Å². The second-order valence-corrected chi connectivity index (χ2v) is 4.38. The van der Waals surface area contributed by atoms with Gasteiger partial charge in [-0.25, -0.2) is 9.97 Å². The van der Waals surface area contributed by atoms with Crippen molar-refractivity contribution in [1.29, 1.82) is 0 Å². The summed E-state index contributed by atoms with van der Waals surface area (Å²) >= 11 is 3.24. The number of pyridine rings is 1. The predicted octanol–water partition coefficient (Wildman–Crippen LogP) is 1.84. The molecule has 2 aromatic heterocycles. The minimum atomic E-state index is -0.0653. The minimum absolute atomic E-state index is 0.0653. The minimum Gasteiger partial charge on any atom is -0.347 e. The first-order valence-electron chi connectivity index (χ1n) is 5.02. The summed E-state index contributed by atoms with van der Waals surface area (Å²) in [6.45, 7) is 0.450. The quantitative estimate of drug-likeness (QED) is 0.879. The van der Waals surface area contributed by atoms with Gasteiger partial charge in [0, 0.05) is 31.2 Å². The molecule has 0 atom stereocenters. The molecule has 5 nitrogen and oxygen atoms in total. The van der Waals surface area contributed by atoms with Crippen LogP contribution in [-0.4, -0.2) is 32.8 Å². The third kappa shape index (κ3) is 2.91. The lowest BCUT2D eigenvalue weighted by molar-refractivity contribution is 0.0781. The Bertz CT molecular complexity index is 512. The van der Waals surface area contributed by atoms with Gasteiger partial charge >= 0.3 is 0 Å². The highest BCUT2D eigenvalue weighted by Crippen LogP contribution is 2.10. The van der Waals surface area contributed by atoms with Crippen molar-refractivity contribution in [3.05, 3.63) is 46.7 Å². The smallest absolute Gasteiger partial charge is 0.254 e. The molecule has 0 saturated carbocycles. The normalized spacial score (nSPS) is 10.2. The Morgan fingerprint density at radius 2 is 2.29 bits per heavy atom. The molecule has 0 aromatic carbocycles. The van der Waals surface area contributed by atoms with Crippen molar-refractivity contribution >= 4 is 21.8 Å². The molecule has 17 heavy (non-hydrogen) atoms. The number of aromatic nitrogens is 3. The van der Waals surface area contributed by atoms with Crippen LogP contribution in [-0.2, 0) is 6.54 Å². The number of hydrogen-bond donors (Lipinski definition) is 1. The van der Waals surface area contributed by atoms with Gasteiger partial charge in [0.1, 0.15) is 10.4 Å². The lowest BCUT2D eigenvalue weighted by Gasteiger charge is -2.15. The molecule has 2 aromatic rings. The number of carbonyl (C=O) groups excluding carboxylic acids is 1. The maximum Gasteiger partial charge on any atom is 0.254 e. The molecule has 0 radical (unpaired) electrons. The van der Waals surface area contributed by atoms with Crippen LogP contribution in [0.1, 0.15) is 16.2 Å². The molecule has 6 heteroatoms. The van der Waals surface area contributed by atoms with E-state index in [4.69, 9.17) is 0 Å². The van der Waals surface area contributed by atoms with Gasteiger partial charge in [-0.1, -0.05) is 0 Å². The van der Waals surface area contributed by atoms with Crippen LogP contribution in [0.15, 0.2) is 35.3 Å². The molecular formula is C11H11BrN4O. The van der Waals surface area contributed by atoms with Gasteiger partial charge in [-0.2, -0.15) is 0 Å². The molecule has 0 unspecified atom stereocenters. The maximum absolute atomic E-state index is 12.1. The Morgan fingerprint density at radius 3 is 2.94 bits per heavy atom. The first kappa shape index (κ1) is 11.8. The fraction of sp³-hybridized carbons (Fsp3) is 0.182. The molecular weight excluding hydrogens is 284 g/mol. The van der Waals surface area contributed by atoms with Gasteiger partial charge in [0.2, 0.25) is 0 Å². The van der Waals surface area contributed by atoms with Crippen LogP contribution in [0, 0.1) is 0 Å². The van der Waals surface area contributed by atoms with E-state index in [0.717, 1.165) is 5.82 Å². The number of imidazole rings is 1. The summed E-state index contributed by atoms with van der Waals surface area (Å²) in [6.07, 6.45) is 4.99. The molecule has 0 aliphatic heterocycles. The molecule has 88 valence electrons.